The third kappa shape index (κ3) is 2.45. The van der Waals surface area contributed by atoms with E-state index in [2.05, 4.69) is 5.32 Å². The highest BCUT2D eigenvalue weighted by Gasteiger charge is 2.15. The van der Waals surface area contributed by atoms with Crippen LogP contribution in [0.15, 0.2) is 11.9 Å². The van der Waals surface area contributed by atoms with Crippen LogP contribution < -0.4 is 5.32 Å². The summed E-state index contributed by atoms with van der Waals surface area (Å²) in [6.07, 6.45) is 0.992. The second-order valence-electron chi connectivity index (χ2n) is 1.56. The van der Waals surface area contributed by atoms with E-state index in [0.29, 0.717) is 0 Å². The van der Waals surface area contributed by atoms with Crippen molar-refractivity contribution in [3.63, 3.8) is 0 Å². The summed E-state index contributed by atoms with van der Waals surface area (Å²) >= 11 is 0. The highest BCUT2D eigenvalue weighted by atomic mass is 16.6. The molecule has 0 fully saturated rings. The number of hydrogen-bond acceptors (Lipinski definition) is 5. The van der Waals surface area contributed by atoms with Gasteiger partial charge in [-0.25, -0.2) is 0 Å². The summed E-state index contributed by atoms with van der Waals surface area (Å²) in [5.74, 6) is 0. The third-order valence-corrected chi connectivity index (χ3v) is 0.846. The Morgan fingerprint density at radius 1 is 1.91 bits per heavy atom. The molecule has 58 valence electrons. The van der Waals surface area contributed by atoms with E-state index in [0.717, 1.165) is 6.20 Å². The van der Waals surface area contributed by atoms with E-state index in [4.69, 9.17) is 10.7 Å². The molecule has 0 radical (unpaired) electrons. The van der Waals surface area contributed by atoms with Gasteiger partial charge in [-0.05, 0) is 0 Å². The van der Waals surface area contributed by atoms with Gasteiger partial charge in [-0.2, -0.15) is 5.26 Å². The zero-order chi connectivity index (χ0) is 8.85. The second-order valence-corrected chi connectivity index (χ2v) is 1.56. The number of hydrogen-bond donors (Lipinski definition) is 2. The van der Waals surface area contributed by atoms with Crippen molar-refractivity contribution in [2.45, 2.75) is 0 Å². The number of allylic oxidation sites excluding steroid dienone is 1. The Labute approximate surface area is 62.8 Å². The fraction of sp³-hybridized carbons (Fsp3) is 0.200. The molecule has 0 amide bonds. The molecule has 6 heteroatoms. The quantitative estimate of drug-likeness (QED) is 0.335. The van der Waals surface area contributed by atoms with Crippen molar-refractivity contribution in [2.24, 2.45) is 0 Å². The van der Waals surface area contributed by atoms with E-state index in [1.807, 2.05) is 0 Å². The largest absolute Gasteiger partial charge is 0.388 e. The molecule has 0 heterocycles. The van der Waals surface area contributed by atoms with Gasteiger partial charge in [-0.15, -0.1) is 0 Å². The van der Waals surface area contributed by atoms with Crippen molar-refractivity contribution < 1.29 is 4.92 Å². The molecule has 2 N–H and O–H groups in total. The molecule has 0 atom stereocenters. The number of nitriles is 1. The van der Waals surface area contributed by atoms with Gasteiger partial charge in [0.05, 0.1) is 11.1 Å². The van der Waals surface area contributed by atoms with Gasteiger partial charge in [0, 0.05) is 7.05 Å². The lowest BCUT2D eigenvalue weighted by molar-refractivity contribution is -0.415. The summed E-state index contributed by atoms with van der Waals surface area (Å²) in [5, 5.41) is 27.4. The highest BCUT2D eigenvalue weighted by molar-refractivity contribution is 6.07. The number of nitrogens with zero attached hydrogens (tertiary/aromatic N) is 2. The normalized spacial score (nSPS) is 10.0. The SMILES string of the molecule is CN/C=C(\C(=N)C#N)[N+](=O)[O-]. The van der Waals surface area contributed by atoms with Crippen molar-refractivity contribution in [3.05, 3.63) is 22.0 Å². The van der Waals surface area contributed by atoms with E-state index in [1.54, 1.807) is 0 Å². The van der Waals surface area contributed by atoms with E-state index in [9.17, 15) is 10.1 Å². The summed E-state index contributed by atoms with van der Waals surface area (Å²) in [4.78, 5) is 9.31. The minimum absolute atomic E-state index is 0.532. The van der Waals surface area contributed by atoms with E-state index in [1.165, 1.54) is 13.1 Å². The van der Waals surface area contributed by atoms with Crippen LogP contribution >= 0.6 is 0 Å². The topological polar surface area (TPSA) is 103 Å². The van der Waals surface area contributed by atoms with Gasteiger partial charge in [0.2, 0.25) is 5.71 Å². The average molecular weight is 154 g/mol. The van der Waals surface area contributed by atoms with Crippen LogP contribution in [0.5, 0.6) is 0 Å². The Kier molecular flexibility index (Phi) is 3.31. The predicted molar refractivity (Wildman–Crippen MR) is 37.5 cm³/mol. The van der Waals surface area contributed by atoms with Crippen LogP contribution in [0, 0.1) is 26.9 Å². The Balaban J connectivity index is 4.65. The Hall–Kier alpha value is -1.90. The summed E-state index contributed by atoms with van der Waals surface area (Å²) in [7, 11) is 1.45. The van der Waals surface area contributed by atoms with Crippen LogP contribution in [-0.4, -0.2) is 17.7 Å². The van der Waals surface area contributed by atoms with Crippen molar-refractivity contribution in [1.29, 1.82) is 10.7 Å². The zero-order valence-corrected chi connectivity index (χ0v) is 5.79. The molecule has 0 saturated heterocycles. The van der Waals surface area contributed by atoms with Crippen LogP contribution in [0.1, 0.15) is 0 Å². The van der Waals surface area contributed by atoms with Crippen LogP contribution in [0.4, 0.5) is 0 Å². The highest BCUT2D eigenvalue weighted by Crippen LogP contribution is 1.94. The predicted octanol–water partition coefficient (Wildman–Crippen LogP) is -0.133. The van der Waals surface area contributed by atoms with Crippen LogP contribution in [-0.2, 0) is 0 Å². The fourth-order valence-corrected chi connectivity index (χ4v) is 0.410. The lowest BCUT2D eigenvalue weighted by atomic mass is 10.3. The van der Waals surface area contributed by atoms with Crippen LogP contribution in [0.3, 0.4) is 0 Å². The smallest absolute Gasteiger partial charge is 0.320 e. The average Bonchev–Trinajstić information content (AvgIpc) is 1.98. The van der Waals surface area contributed by atoms with E-state index < -0.39 is 16.3 Å². The van der Waals surface area contributed by atoms with Gasteiger partial charge in [-0.3, -0.25) is 15.5 Å². The lowest BCUT2D eigenvalue weighted by Gasteiger charge is -1.91. The van der Waals surface area contributed by atoms with Gasteiger partial charge in [0.15, 0.2) is 0 Å². The number of rotatable bonds is 3. The summed E-state index contributed by atoms with van der Waals surface area (Å²) in [6, 6.07) is 1.36. The molecule has 6 nitrogen and oxygen atoms in total. The first-order valence-electron chi connectivity index (χ1n) is 2.64. The maximum atomic E-state index is 10.1. The molecule has 0 aromatic heterocycles. The minimum Gasteiger partial charge on any atom is -0.388 e. The Bertz CT molecular complexity index is 250. The molecule has 0 spiro atoms. The van der Waals surface area contributed by atoms with Crippen LogP contribution in [0.2, 0.25) is 0 Å². The molecule has 0 aliphatic heterocycles. The molecule has 11 heavy (non-hydrogen) atoms. The minimum atomic E-state index is -0.790. The van der Waals surface area contributed by atoms with Gasteiger partial charge < -0.3 is 5.32 Å². The zero-order valence-electron chi connectivity index (χ0n) is 5.79. The van der Waals surface area contributed by atoms with Crippen molar-refractivity contribution in [3.8, 4) is 6.07 Å². The van der Waals surface area contributed by atoms with Gasteiger partial charge in [0.1, 0.15) is 6.07 Å². The van der Waals surface area contributed by atoms with Crippen molar-refractivity contribution in [1.82, 2.24) is 5.32 Å². The van der Waals surface area contributed by atoms with Gasteiger partial charge >= 0.3 is 5.70 Å². The molecule has 0 bridgehead atoms. The monoisotopic (exact) mass is 154 g/mol. The molecular weight excluding hydrogens is 148 g/mol. The van der Waals surface area contributed by atoms with Crippen molar-refractivity contribution in [2.75, 3.05) is 7.05 Å². The Morgan fingerprint density at radius 2 is 2.45 bits per heavy atom. The number of nitro groups is 1. The molecule has 0 unspecified atom stereocenters. The maximum absolute atomic E-state index is 10.1. The van der Waals surface area contributed by atoms with Crippen molar-refractivity contribution >= 4 is 5.71 Å². The third-order valence-electron chi connectivity index (χ3n) is 0.846. The molecular formula is C5H6N4O2. The Morgan fingerprint density at radius 3 is 2.73 bits per heavy atom. The van der Waals surface area contributed by atoms with Gasteiger partial charge in [-0.1, -0.05) is 0 Å². The summed E-state index contributed by atoms with van der Waals surface area (Å²) < 4.78 is 0. The first kappa shape index (κ1) is 9.10. The molecule has 0 saturated carbocycles. The molecule has 0 aromatic rings. The first-order valence-corrected chi connectivity index (χ1v) is 2.64. The van der Waals surface area contributed by atoms with Gasteiger partial charge in [0.25, 0.3) is 0 Å². The van der Waals surface area contributed by atoms with E-state index in [-0.39, 0.29) is 0 Å². The molecule has 0 rings (SSSR count). The molecule has 0 aliphatic carbocycles. The van der Waals surface area contributed by atoms with Crippen LogP contribution in [0.25, 0.3) is 0 Å². The summed E-state index contributed by atoms with van der Waals surface area (Å²) in [5.41, 5.74) is -1.20. The standard InChI is InChI=1S/C5H6N4O2/c1-8-3-5(9(10)11)4(7)2-6/h3,7-8H,1H3/b5-3+,7-4?. The number of nitrogens with one attached hydrogen (secondary N) is 2. The molecule has 0 aromatic carbocycles. The summed E-state index contributed by atoms with van der Waals surface area (Å²) in [6.45, 7) is 0. The first-order chi connectivity index (χ1) is 5.13. The maximum Gasteiger partial charge on any atom is 0.320 e. The fourth-order valence-electron chi connectivity index (χ4n) is 0.410. The second kappa shape index (κ2) is 4.00. The lowest BCUT2D eigenvalue weighted by Crippen LogP contribution is -2.12. The molecule has 0 aliphatic rings. The van der Waals surface area contributed by atoms with E-state index >= 15 is 0 Å².